The standard InChI is InChI=1S/C22H23F2NO2/c1-12(2)18-10-19-15(8-22(26)27-21(19)7-13(18)3)11-25-14(4)17-6-5-16(23)9-20(17)24/h5-10,12,14,25H,11H2,1-4H3/t14-/m1/s1. The van der Waals surface area contributed by atoms with Gasteiger partial charge in [-0.15, -0.1) is 0 Å². The van der Waals surface area contributed by atoms with Crippen molar-refractivity contribution in [3.05, 3.63) is 80.7 Å². The van der Waals surface area contributed by atoms with E-state index >= 15 is 0 Å². The fourth-order valence-electron chi connectivity index (χ4n) is 3.39. The van der Waals surface area contributed by atoms with E-state index < -0.39 is 17.3 Å². The molecule has 1 aromatic heterocycles. The Bertz CT molecular complexity index is 1040. The quantitative estimate of drug-likeness (QED) is 0.615. The minimum Gasteiger partial charge on any atom is -0.423 e. The lowest BCUT2D eigenvalue weighted by molar-refractivity contribution is 0.515. The molecule has 3 rings (SSSR count). The van der Waals surface area contributed by atoms with Crippen molar-refractivity contribution in [2.24, 2.45) is 0 Å². The summed E-state index contributed by atoms with van der Waals surface area (Å²) >= 11 is 0. The van der Waals surface area contributed by atoms with Crippen LogP contribution < -0.4 is 10.9 Å². The van der Waals surface area contributed by atoms with Crippen molar-refractivity contribution in [2.75, 3.05) is 0 Å². The average molecular weight is 371 g/mol. The fraction of sp³-hybridized carbons (Fsp3) is 0.318. The molecule has 3 aromatic rings. The molecule has 0 spiro atoms. The third-order valence-electron chi connectivity index (χ3n) is 4.87. The molecule has 5 heteroatoms. The summed E-state index contributed by atoms with van der Waals surface area (Å²) in [5.41, 5.74) is 3.56. The molecule has 0 unspecified atom stereocenters. The summed E-state index contributed by atoms with van der Waals surface area (Å²) in [5.74, 6) is -0.855. The van der Waals surface area contributed by atoms with E-state index in [0.717, 1.165) is 22.6 Å². The molecule has 0 aliphatic rings. The monoisotopic (exact) mass is 371 g/mol. The SMILES string of the molecule is Cc1cc2oc(=O)cc(CN[C@H](C)c3ccc(F)cc3F)c2cc1C(C)C. The van der Waals surface area contributed by atoms with Crippen molar-refractivity contribution in [1.29, 1.82) is 0 Å². The number of rotatable bonds is 5. The Labute approximate surface area is 157 Å². The van der Waals surface area contributed by atoms with E-state index in [1.807, 2.05) is 13.0 Å². The number of benzene rings is 2. The highest BCUT2D eigenvalue weighted by Gasteiger charge is 2.14. The second-order valence-electron chi connectivity index (χ2n) is 7.22. The van der Waals surface area contributed by atoms with Gasteiger partial charge < -0.3 is 9.73 Å². The van der Waals surface area contributed by atoms with Gasteiger partial charge in [0.15, 0.2) is 0 Å². The maximum absolute atomic E-state index is 14.0. The van der Waals surface area contributed by atoms with Gasteiger partial charge in [-0.2, -0.15) is 0 Å². The van der Waals surface area contributed by atoms with Crippen LogP contribution in [0.2, 0.25) is 0 Å². The van der Waals surface area contributed by atoms with Gasteiger partial charge in [0, 0.05) is 35.7 Å². The molecule has 1 atom stereocenters. The van der Waals surface area contributed by atoms with Gasteiger partial charge >= 0.3 is 5.63 Å². The minimum absolute atomic E-state index is 0.342. The first-order valence-electron chi connectivity index (χ1n) is 9.02. The van der Waals surface area contributed by atoms with E-state index in [1.54, 1.807) is 6.92 Å². The maximum atomic E-state index is 14.0. The summed E-state index contributed by atoms with van der Waals surface area (Å²) in [7, 11) is 0. The topological polar surface area (TPSA) is 42.2 Å². The van der Waals surface area contributed by atoms with E-state index in [0.29, 0.717) is 23.6 Å². The molecule has 2 aromatic carbocycles. The first-order chi connectivity index (χ1) is 12.8. The van der Waals surface area contributed by atoms with Gasteiger partial charge in [0.1, 0.15) is 17.2 Å². The molecule has 0 bridgehead atoms. The number of hydrogen-bond acceptors (Lipinski definition) is 3. The molecule has 0 saturated heterocycles. The van der Waals surface area contributed by atoms with Crippen LogP contribution in [-0.4, -0.2) is 0 Å². The largest absolute Gasteiger partial charge is 0.423 e. The third-order valence-corrected chi connectivity index (χ3v) is 4.87. The second-order valence-corrected chi connectivity index (χ2v) is 7.22. The van der Waals surface area contributed by atoms with Gasteiger partial charge in [-0.1, -0.05) is 19.9 Å². The van der Waals surface area contributed by atoms with Crippen LogP contribution in [0.5, 0.6) is 0 Å². The van der Waals surface area contributed by atoms with Crippen molar-refractivity contribution < 1.29 is 13.2 Å². The number of fused-ring (bicyclic) bond motifs is 1. The van der Waals surface area contributed by atoms with Crippen LogP contribution in [0.1, 0.15) is 55.0 Å². The van der Waals surface area contributed by atoms with Crippen molar-refractivity contribution in [1.82, 2.24) is 5.32 Å². The molecule has 0 amide bonds. The first kappa shape index (κ1) is 19.2. The van der Waals surface area contributed by atoms with Crippen LogP contribution in [0.3, 0.4) is 0 Å². The van der Waals surface area contributed by atoms with Crippen LogP contribution in [-0.2, 0) is 6.54 Å². The summed E-state index contributed by atoms with van der Waals surface area (Å²) in [6.45, 7) is 8.39. The van der Waals surface area contributed by atoms with Crippen LogP contribution >= 0.6 is 0 Å². The van der Waals surface area contributed by atoms with E-state index in [2.05, 4.69) is 25.2 Å². The van der Waals surface area contributed by atoms with E-state index in [9.17, 15) is 13.6 Å². The number of hydrogen-bond donors (Lipinski definition) is 1. The van der Waals surface area contributed by atoms with E-state index in [1.165, 1.54) is 23.8 Å². The summed E-state index contributed by atoms with van der Waals surface area (Å²) in [6, 6.07) is 8.60. The molecular formula is C22H23F2NO2. The fourth-order valence-corrected chi connectivity index (χ4v) is 3.39. The molecular weight excluding hydrogens is 348 g/mol. The van der Waals surface area contributed by atoms with Gasteiger partial charge in [-0.3, -0.25) is 0 Å². The Hall–Kier alpha value is -2.53. The van der Waals surface area contributed by atoms with Crippen molar-refractivity contribution >= 4 is 11.0 Å². The summed E-state index contributed by atoms with van der Waals surface area (Å²) in [6.07, 6.45) is 0. The molecule has 142 valence electrons. The lowest BCUT2D eigenvalue weighted by Gasteiger charge is -2.17. The predicted molar refractivity (Wildman–Crippen MR) is 103 cm³/mol. The molecule has 3 nitrogen and oxygen atoms in total. The average Bonchev–Trinajstić information content (AvgIpc) is 2.58. The summed E-state index contributed by atoms with van der Waals surface area (Å²) in [4.78, 5) is 11.9. The molecule has 27 heavy (non-hydrogen) atoms. The van der Waals surface area contributed by atoms with Crippen molar-refractivity contribution in [3.63, 3.8) is 0 Å². The Balaban J connectivity index is 1.94. The number of halogens is 2. The Morgan fingerprint density at radius 2 is 1.78 bits per heavy atom. The molecule has 0 saturated carbocycles. The van der Waals surface area contributed by atoms with Gasteiger partial charge in [0.25, 0.3) is 0 Å². The molecule has 0 fully saturated rings. The van der Waals surface area contributed by atoms with Gasteiger partial charge in [-0.25, -0.2) is 13.6 Å². The zero-order valence-corrected chi connectivity index (χ0v) is 15.9. The lowest BCUT2D eigenvalue weighted by Crippen LogP contribution is -2.20. The maximum Gasteiger partial charge on any atom is 0.336 e. The van der Waals surface area contributed by atoms with E-state index in [-0.39, 0.29) is 6.04 Å². The lowest BCUT2D eigenvalue weighted by atomic mass is 9.95. The molecule has 0 radical (unpaired) electrons. The zero-order valence-electron chi connectivity index (χ0n) is 15.9. The zero-order chi connectivity index (χ0) is 19.7. The van der Waals surface area contributed by atoms with Gasteiger partial charge in [0.05, 0.1) is 0 Å². The number of aryl methyl sites for hydroxylation is 1. The number of nitrogens with one attached hydrogen (secondary N) is 1. The smallest absolute Gasteiger partial charge is 0.336 e. The second kappa shape index (κ2) is 7.61. The Morgan fingerprint density at radius 1 is 1.04 bits per heavy atom. The normalized spacial score (nSPS) is 12.7. The van der Waals surface area contributed by atoms with Crippen LogP contribution in [0, 0.1) is 18.6 Å². The van der Waals surface area contributed by atoms with Gasteiger partial charge in [0.2, 0.25) is 0 Å². The Morgan fingerprint density at radius 3 is 2.44 bits per heavy atom. The third kappa shape index (κ3) is 4.08. The van der Waals surface area contributed by atoms with Crippen molar-refractivity contribution in [2.45, 2.75) is 46.2 Å². The van der Waals surface area contributed by atoms with Crippen molar-refractivity contribution in [3.8, 4) is 0 Å². The molecule has 1 heterocycles. The first-order valence-corrected chi connectivity index (χ1v) is 9.02. The molecule has 1 N–H and O–H groups in total. The Kier molecular flexibility index (Phi) is 5.42. The minimum atomic E-state index is -0.605. The van der Waals surface area contributed by atoms with Crippen LogP contribution in [0.15, 0.2) is 45.6 Å². The highest BCUT2D eigenvalue weighted by molar-refractivity contribution is 5.82. The molecule has 0 aliphatic heterocycles. The molecule has 0 aliphatic carbocycles. The van der Waals surface area contributed by atoms with Crippen LogP contribution in [0.25, 0.3) is 11.0 Å². The van der Waals surface area contributed by atoms with E-state index in [4.69, 9.17) is 4.42 Å². The summed E-state index contributed by atoms with van der Waals surface area (Å²) < 4.78 is 32.5. The summed E-state index contributed by atoms with van der Waals surface area (Å²) in [5, 5.41) is 4.08. The highest BCUT2D eigenvalue weighted by atomic mass is 19.1. The van der Waals surface area contributed by atoms with Crippen LogP contribution in [0.4, 0.5) is 8.78 Å². The van der Waals surface area contributed by atoms with Gasteiger partial charge in [-0.05, 0) is 54.7 Å². The highest BCUT2D eigenvalue weighted by Crippen LogP contribution is 2.27. The predicted octanol–water partition coefficient (Wildman–Crippen LogP) is 5.35.